The van der Waals surface area contributed by atoms with Gasteiger partial charge in [-0.1, -0.05) is 19.6 Å². The molecule has 2 aliphatic heterocycles. The quantitative estimate of drug-likeness (QED) is 0.335. The van der Waals surface area contributed by atoms with E-state index in [4.69, 9.17) is 0 Å². The molecule has 152 valence electrons. The Hall–Kier alpha value is -2.12. The molecule has 1 spiro atoms. The largest absolute Gasteiger partial charge is 0.508 e. The lowest BCUT2D eigenvalue weighted by atomic mass is 9.55. The number of amides is 3. The zero-order valence-corrected chi connectivity index (χ0v) is 16.5. The molecular formula is C21H29N3O4. The van der Waals surface area contributed by atoms with Gasteiger partial charge in [-0.2, -0.15) is 0 Å². The molecule has 5 atom stereocenters. The number of likely N-dealkylation sites (N-methyl/N-ethyl adjacent to an activating group) is 1. The average molecular weight is 387 g/mol. The molecule has 7 nitrogen and oxygen atoms in total. The van der Waals surface area contributed by atoms with E-state index in [-0.39, 0.29) is 24.1 Å². The minimum atomic E-state index is -1.05. The number of imide groups is 1. The highest BCUT2D eigenvalue weighted by molar-refractivity contribution is 6.07. The Balaban J connectivity index is 1.76. The van der Waals surface area contributed by atoms with Gasteiger partial charge < -0.3 is 15.5 Å². The molecule has 4 N–H and O–H groups in total. The molecule has 0 radical (unpaired) electrons. The highest BCUT2D eigenvalue weighted by atomic mass is 16.3. The van der Waals surface area contributed by atoms with Crippen LogP contribution < -0.4 is 10.6 Å². The Morgan fingerprint density at radius 2 is 2.14 bits per heavy atom. The van der Waals surface area contributed by atoms with E-state index in [1.54, 1.807) is 12.2 Å². The van der Waals surface area contributed by atoms with Gasteiger partial charge >= 0.3 is 6.03 Å². The first-order valence-corrected chi connectivity index (χ1v) is 10.0. The Kier molecular flexibility index (Phi) is 4.25. The Labute approximate surface area is 165 Å². The third kappa shape index (κ3) is 2.42. The number of carbonyl (C=O) groups excluding carboxylic acids is 2. The predicted octanol–water partition coefficient (Wildman–Crippen LogP) is 1.76. The molecule has 2 saturated heterocycles. The van der Waals surface area contributed by atoms with Crippen LogP contribution in [-0.2, 0) is 4.79 Å². The molecule has 0 aromatic rings. The number of carbonyl (C=O) groups is 2. The van der Waals surface area contributed by atoms with E-state index < -0.39 is 22.6 Å². The lowest BCUT2D eigenvalue weighted by Gasteiger charge is -2.56. The normalized spacial score (nSPS) is 42.9. The average Bonchev–Trinajstić information content (AvgIpc) is 3.00. The summed E-state index contributed by atoms with van der Waals surface area (Å²) in [5.74, 6) is 0.0536. The Bertz CT molecular complexity index is 805. The van der Waals surface area contributed by atoms with Crippen molar-refractivity contribution in [2.24, 2.45) is 11.3 Å². The molecule has 0 aromatic carbocycles. The number of urea groups is 1. The van der Waals surface area contributed by atoms with E-state index in [1.807, 2.05) is 20.0 Å². The van der Waals surface area contributed by atoms with Gasteiger partial charge in [-0.25, -0.2) is 4.79 Å². The van der Waals surface area contributed by atoms with Gasteiger partial charge in [0.05, 0.1) is 5.60 Å². The fourth-order valence-corrected chi connectivity index (χ4v) is 6.22. The fourth-order valence-electron chi connectivity index (χ4n) is 6.22. The van der Waals surface area contributed by atoms with E-state index in [0.717, 1.165) is 13.0 Å². The highest BCUT2D eigenvalue weighted by Crippen LogP contribution is 2.66. The van der Waals surface area contributed by atoms with E-state index in [9.17, 15) is 19.8 Å². The summed E-state index contributed by atoms with van der Waals surface area (Å²) >= 11 is 0. The minimum Gasteiger partial charge on any atom is -0.508 e. The van der Waals surface area contributed by atoms with Crippen molar-refractivity contribution in [1.82, 2.24) is 15.5 Å². The first kappa shape index (κ1) is 19.2. The number of aliphatic hydroxyl groups is 2. The third-order valence-electron chi connectivity index (χ3n) is 7.38. The van der Waals surface area contributed by atoms with Crippen LogP contribution in [0.15, 0.2) is 36.1 Å². The van der Waals surface area contributed by atoms with Crippen LogP contribution in [0.3, 0.4) is 0 Å². The number of hydrogen-bond donors (Lipinski definition) is 4. The summed E-state index contributed by atoms with van der Waals surface area (Å²) in [6.45, 7) is 7.10. The third-order valence-corrected chi connectivity index (χ3v) is 7.38. The van der Waals surface area contributed by atoms with Gasteiger partial charge in [-0.05, 0) is 62.8 Å². The van der Waals surface area contributed by atoms with Crippen molar-refractivity contribution >= 4 is 11.9 Å². The van der Waals surface area contributed by atoms with Crippen LogP contribution in [0.25, 0.3) is 0 Å². The minimum absolute atomic E-state index is 0.00323. The van der Waals surface area contributed by atoms with Crippen LogP contribution in [-0.4, -0.2) is 57.8 Å². The van der Waals surface area contributed by atoms with Gasteiger partial charge in [0.2, 0.25) is 0 Å². The molecule has 4 fully saturated rings. The van der Waals surface area contributed by atoms with Crippen LogP contribution in [0.4, 0.5) is 4.79 Å². The number of aliphatic hydroxyl groups excluding tert-OH is 1. The van der Waals surface area contributed by atoms with Gasteiger partial charge in [-0.3, -0.25) is 15.0 Å². The maximum absolute atomic E-state index is 12.6. The molecule has 2 aliphatic carbocycles. The molecule has 28 heavy (non-hydrogen) atoms. The number of nitrogens with zero attached hydrogens (tertiary/aromatic N) is 1. The standard InChI is InChI=1S/C21H29N3O4/c1-4-5-6-15(25)9-13(2)19-10-14-11-24(3)16(14)21(19,28)8-7-20(12-19)17(26)22-18(27)23-20/h5-6,9,14,16,25,28H,2,4,7-8,10-12H2,1,3H3,(H2,22,23,26,27)/b6-5-,15-9+/t14?,16-,19-,20+,21-/m1/s1. The van der Waals surface area contributed by atoms with E-state index in [2.05, 4.69) is 22.1 Å². The number of allylic oxidation sites excluding steroid dienone is 3. The first-order chi connectivity index (χ1) is 13.2. The zero-order valence-electron chi connectivity index (χ0n) is 16.5. The summed E-state index contributed by atoms with van der Waals surface area (Å²) in [6.07, 6.45) is 7.63. The van der Waals surface area contributed by atoms with Crippen molar-refractivity contribution in [2.45, 2.75) is 56.2 Å². The summed E-state index contributed by atoms with van der Waals surface area (Å²) < 4.78 is 0. The van der Waals surface area contributed by atoms with Gasteiger partial charge in [0, 0.05) is 18.0 Å². The van der Waals surface area contributed by atoms with E-state index >= 15 is 0 Å². The first-order valence-electron chi connectivity index (χ1n) is 10.0. The molecule has 2 heterocycles. The molecule has 3 amide bonds. The van der Waals surface area contributed by atoms with E-state index in [0.29, 0.717) is 30.8 Å². The molecule has 7 heteroatoms. The van der Waals surface area contributed by atoms with Crippen molar-refractivity contribution in [2.75, 3.05) is 13.6 Å². The summed E-state index contributed by atoms with van der Waals surface area (Å²) in [5, 5.41) is 27.4. The number of nitrogens with one attached hydrogen (secondary N) is 2. The van der Waals surface area contributed by atoms with Crippen molar-refractivity contribution in [3.8, 4) is 0 Å². The second kappa shape index (κ2) is 6.19. The monoisotopic (exact) mass is 387 g/mol. The Morgan fingerprint density at radius 1 is 1.39 bits per heavy atom. The lowest BCUT2D eigenvalue weighted by molar-refractivity contribution is -0.153. The number of hydrogen-bond acceptors (Lipinski definition) is 5. The molecular weight excluding hydrogens is 358 g/mol. The van der Waals surface area contributed by atoms with Crippen molar-refractivity contribution in [3.63, 3.8) is 0 Å². The van der Waals surface area contributed by atoms with Gasteiger partial charge in [0.25, 0.3) is 5.91 Å². The second-order valence-corrected chi connectivity index (χ2v) is 8.93. The van der Waals surface area contributed by atoms with Crippen LogP contribution >= 0.6 is 0 Å². The molecule has 0 bridgehead atoms. The maximum Gasteiger partial charge on any atom is 0.322 e. The predicted molar refractivity (Wildman–Crippen MR) is 104 cm³/mol. The summed E-state index contributed by atoms with van der Waals surface area (Å²) in [4.78, 5) is 26.7. The summed E-state index contributed by atoms with van der Waals surface area (Å²) in [5.41, 5.74) is -2.25. The molecule has 4 rings (SSSR count). The van der Waals surface area contributed by atoms with Crippen LogP contribution in [0.2, 0.25) is 0 Å². The fraction of sp³-hybridized carbons (Fsp3) is 0.619. The Morgan fingerprint density at radius 3 is 2.75 bits per heavy atom. The highest BCUT2D eigenvalue weighted by Gasteiger charge is 2.73. The number of fused-ring (bicyclic) bond motifs is 3. The topological polar surface area (TPSA) is 102 Å². The molecule has 2 saturated carbocycles. The lowest BCUT2D eigenvalue weighted by Crippen LogP contribution is -2.68. The van der Waals surface area contributed by atoms with Gasteiger partial charge in [0.1, 0.15) is 11.3 Å². The second-order valence-electron chi connectivity index (χ2n) is 8.93. The van der Waals surface area contributed by atoms with Gasteiger partial charge in [0.15, 0.2) is 0 Å². The maximum atomic E-state index is 12.6. The van der Waals surface area contributed by atoms with Gasteiger partial charge in [-0.15, -0.1) is 0 Å². The van der Waals surface area contributed by atoms with Crippen LogP contribution in [0.5, 0.6) is 0 Å². The summed E-state index contributed by atoms with van der Waals surface area (Å²) in [6, 6.07) is -0.484. The smallest absolute Gasteiger partial charge is 0.322 e. The summed E-state index contributed by atoms with van der Waals surface area (Å²) in [7, 11) is 2.00. The zero-order chi connectivity index (χ0) is 20.3. The SMILES string of the molecule is C=C(/C=C(O)\C=C/CC)[C@]12CC3CN(C)[C@H]3[C@]1(O)CC[C@@]1(C2)NC(=O)NC1=O. The number of likely N-dealkylation sites (tertiary alicyclic amines) is 1. The molecule has 0 aromatic heterocycles. The molecule has 1 unspecified atom stereocenters. The molecule has 4 aliphatic rings. The van der Waals surface area contributed by atoms with Crippen molar-refractivity contribution in [3.05, 3.63) is 36.1 Å². The van der Waals surface area contributed by atoms with Crippen molar-refractivity contribution in [1.29, 1.82) is 0 Å². The van der Waals surface area contributed by atoms with Crippen LogP contribution in [0, 0.1) is 11.3 Å². The van der Waals surface area contributed by atoms with Crippen LogP contribution in [0.1, 0.15) is 39.0 Å². The van der Waals surface area contributed by atoms with Crippen molar-refractivity contribution < 1.29 is 19.8 Å². The number of rotatable bonds is 4. The van der Waals surface area contributed by atoms with E-state index in [1.165, 1.54) is 0 Å².